The molecule has 1 aliphatic heterocycles. The molecule has 0 bridgehead atoms. The van der Waals surface area contributed by atoms with Crippen molar-refractivity contribution in [3.8, 4) is 0 Å². The van der Waals surface area contributed by atoms with Gasteiger partial charge in [0.05, 0.1) is 6.42 Å². The second-order valence-corrected chi connectivity index (χ2v) is 7.34. The summed E-state index contributed by atoms with van der Waals surface area (Å²) in [6, 6.07) is 17.7. The number of carbonyl (C=O) groups excluding carboxylic acids is 1. The van der Waals surface area contributed by atoms with Crippen LogP contribution in [0.5, 0.6) is 0 Å². The van der Waals surface area contributed by atoms with E-state index in [-0.39, 0.29) is 12.3 Å². The third-order valence-corrected chi connectivity index (χ3v) is 5.22. The number of carboxylic acid groups (broad SMARTS) is 1. The molecule has 27 heavy (non-hydrogen) atoms. The predicted octanol–water partition coefficient (Wildman–Crippen LogP) is 2.77. The van der Waals surface area contributed by atoms with Crippen LogP contribution in [0.1, 0.15) is 29.5 Å². The molecule has 3 rings (SSSR count). The maximum atomic E-state index is 12.6. The Bertz CT molecular complexity index is 806. The average molecular weight is 366 g/mol. The van der Waals surface area contributed by atoms with Crippen molar-refractivity contribution >= 4 is 11.9 Å². The SMILES string of the molecule is Cc1ccccc1CC(=O)NC1(C(=O)O)CCCN(Cc2ccccc2)C1. The fraction of sp³-hybridized carbons (Fsp3) is 0.364. The minimum absolute atomic E-state index is 0.195. The Hall–Kier alpha value is -2.66. The first-order valence-corrected chi connectivity index (χ1v) is 9.34. The van der Waals surface area contributed by atoms with E-state index in [1.54, 1.807) is 0 Å². The Labute approximate surface area is 160 Å². The van der Waals surface area contributed by atoms with E-state index in [1.807, 2.05) is 61.5 Å². The molecule has 2 N–H and O–H groups in total. The highest BCUT2D eigenvalue weighted by Gasteiger charge is 2.43. The molecule has 0 radical (unpaired) electrons. The summed E-state index contributed by atoms with van der Waals surface area (Å²) in [5, 5.41) is 12.7. The number of aryl methyl sites for hydroxylation is 1. The van der Waals surface area contributed by atoms with Gasteiger partial charge >= 0.3 is 5.97 Å². The van der Waals surface area contributed by atoms with Gasteiger partial charge in [0.1, 0.15) is 0 Å². The van der Waals surface area contributed by atoms with E-state index in [1.165, 1.54) is 0 Å². The van der Waals surface area contributed by atoms with Crippen molar-refractivity contribution < 1.29 is 14.7 Å². The van der Waals surface area contributed by atoms with Gasteiger partial charge in [0.15, 0.2) is 5.54 Å². The monoisotopic (exact) mass is 366 g/mol. The lowest BCUT2D eigenvalue weighted by atomic mass is 9.88. The molecule has 142 valence electrons. The van der Waals surface area contributed by atoms with Crippen LogP contribution in [0.25, 0.3) is 0 Å². The summed E-state index contributed by atoms with van der Waals surface area (Å²) in [6.45, 7) is 3.79. The van der Waals surface area contributed by atoms with Gasteiger partial charge in [-0.3, -0.25) is 9.69 Å². The maximum absolute atomic E-state index is 12.6. The molecule has 0 spiro atoms. The van der Waals surface area contributed by atoms with E-state index in [0.717, 1.165) is 29.7 Å². The molecule has 1 aliphatic rings. The van der Waals surface area contributed by atoms with Crippen molar-refractivity contribution in [2.45, 2.75) is 38.3 Å². The Morgan fingerprint density at radius 1 is 1.11 bits per heavy atom. The van der Waals surface area contributed by atoms with Crippen LogP contribution in [0.2, 0.25) is 0 Å². The van der Waals surface area contributed by atoms with Crippen molar-refractivity contribution in [3.63, 3.8) is 0 Å². The highest BCUT2D eigenvalue weighted by Crippen LogP contribution is 2.24. The molecular weight excluding hydrogens is 340 g/mol. The number of nitrogens with zero attached hydrogens (tertiary/aromatic N) is 1. The van der Waals surface area contributed by atoms with Gasteiger partial charge in [0.2, 0.25) is 5.91 Å². The molecule has 1 atom stereocenters. The number of hydrogen-bond acceptors (Lipinski definition) is 3. The Morgan fingerprint density at radius 3 is 2.52 bits per heavy atom. The molecule has 1 fully saturated rings. The molecule has 0 aromatic heterocycles. The number of likely N-dealkylation sites (tertiary alicyclic amines) is 1. The number of amides is 1. The van der Waals surface area contributed by atoms with Gasteiger partial charge in [-0.1, -0.05) is 54.6 Å². The highest BCUT2D eigenvalue weighted by atomic mass is 16.4. The first-order valence-electron chi connectivity index (χ1n) is 9.34. The lowest BCUT2D eigenvalue weighted by Gasteiger charge is -2.40. The molecule has 1 amide bonds. The van der Waals surface area contributed by atoms with Crippen LogP contribution in [-0.2, 0) is 22.6 Å². The van der Waals surface area contributed by atoms with Crippen LogP contribution in [-0.4, -0.2) is 40.5 Å². The molecule has 2 aromatic rings. The fourth-order valence-electron chi connectivity index (χ4n) is 3.74. The van der Waals surface area contributed by atoms with E-state index < -0.39 is 11.5 Å². The minimum Gasteiger partial charge on any atom is -0.479 e. The first-order chi connectivity index (χ1) is 13.0. The molecule has 0 saturated carbocycles. The number of carbonyl (C=O) groups is 2. The lowest BCUT2D eigenvalue weighted by molar-refractivity contribution is -0.150. The number of piperidine rings is 1. The normalized spacial score (nSPS) is 20.2. The van der Waals surface area contributed by atoms with Crippen LogP contribution in [0, 0.1) is 6.92 Å². The second kappa shape index (κ2) is 8.35. The van der Waals surface area contributed by atoms with E-state index in [2.05, 4.69) is 10.2 Å². The summed E-state index contributed by atoms with van der Waals surface area (Å²) in [5.74, 6) is -1.20. The third kappa shape index (κ3) is 4.74. The highest BCUT2D eigenvalue weighted by molar-refractivity contribution is 5.88. The van der Waals surface area contributed by atoms with Crippen LogP contribution in [0.3, 0.4) is 0 Å². The summed E-state index contributed by atoms with van der Waals surface area (Å²) in [4.78, 5) is 26.8. The molecule has 5 nitrogen and oxygen atoms in total. The number of hydrogen-bond donors (Lipinski definition) is 2. The van der Waals surface area contributed by atoms with Crippen molar-refractivity contribution in [2.75, 3.05) is 13.1 Å². The molecule has 0 aliphatic carbocycles. The number of nitrogens with one attached hydrogen (secondary N) is 1. The Balaban J connectivity index is 1.70. The van der Waals surface area contributed by atoms with Gasteiger partial charge in [-0.2, -0.15) is 0 Å². The summed E-state index contributed by atoms with van der Waals surface area (Å²) in [5.41, 5.74) is 1.87. The molecule has 2 aromatic carbocycles. The molecule has 1 heterocycles. The third-order valence-electron chi connectivity index (χ3n) is 5.22. The van der Waals surface area contributed by atoms with E-state index in [4.69, 9.17) is 0 Å². The summed E-state index contributed by atoms with van der Waals surface area (Å²) in [7, 11) is 0. The average Bonchev–Trinajstić information content (AvgIpc) is 2.64. The topological polar surface area (TPSA) is 69.6 Å². The van der Waals surface area contributed by atoms with Crippen LogP contribution < -0.4 is 5.32 Å². The van der Waals surface area contributed by atoms with Crippen LogP contribution in [0.4, 0.5) is 0 Å². The largest absolute Gasteiger partial charge is 0.479 e. The summed E-state index contributed by atoms with van der Waals surface area (Å²) in [6.07, 6.45) is 1.39. The van der Waals surface area contributed by atoms with Gasteiger partial charge in [-0.25, -0.2) is 4.79 Å². The summed E-state index contributed by atoms with van der Waals surface area (Å²) < 4.78 is 0. The first kappa shape index (κ1) is 19.1. The van der Waals surface area contributed by atoms with Crippen molar-refractivity contribution in [1.29, 1.82) is 0 Å². The van der Waals surface area contributed by atoms with Crippen molar-refractivity contribution in [2.24, 2.45) is 0 Å². The lowest BCUT2D eigenvalue weighted by Crippen LogP contribution is -2.63. The molecular formula is C22H26N2O3. The number of benzene rings is 2. The maximum Gasteiger partial charge on any atom is 0.330 e. The molecule has 5 heteroatoms. The standard InChI is InChI=1S/C22H26N2O3/c1-17-8-5-6-11-19(17)14-20(25)23-22(21(26)27)12-7-13-24(16-22)15-18-9-3-2-4-10-18/h2-6,8-11H,7,12-16H2,1H3,(H,23,25)(H,26,27). The van der Waals surface area contributed by atoms with Crippen LogP contribution in [0.15, 0.2) is 54.6 Å². The smallest absolute Gasteiger partial charge is 0.330 e. The number of carboxylic acids is 1. The summed E-state index contributed by atoms with van der Waals surface area (Å²) >= 11 is 0. The van der Waals surface area contributed by atoms with Gasteiger partial charge in [0, 0.05) is 13.1 Å². The van der Waals surface area contributed by atoms with E-state index in [9.17, 15) is 14.7 Å². The minimum atomic E-state index is -1.23. The Kier molecular flexibility index (Phi) is 5.91. The zero-order valence-electron chi connectivity index (χ0n) is 15.6. The van der Waals surface area contributed by atoms with Gasteiger partial charge in [-0.05, 0) is 43.0 Å². The number of aliphatic carboxylic acids is 1. The zero-order chi connectivity index (χ0) is 19.3. The van der Waals surface area contributed by atoms with Crippen molar-refractivity contribution in [3.05, 3.63) is 71.3 Å². The van der Waals surface area contributed by atoms with Gasteiger partial charge < -0.3 is 10.4 Å². The van der Waals surface area contributed by atoms with Crippen LogP contribution >= 0.6 is 0 Å². The predicted molar refractivity (Wildman–Crippen MR) is 104 cm³/mol. The zero-order valence-corrected chi connectivity index (χ0v) is 15.6. The fourth-order valence-corrected chi connectivity index (χ4v) is 3.74. The number of rotatable bonds is 6. The van der Waals surface area contributed by atoms with Gasteiger partial charge in [0.25, 0.3) is 0 Å². The van der Waals surface area contributed by atoms with Crippen molar-refractivity contribution in [1.82, 2.24) is 10.2 Å². The Morgan fingerprint density at radius 2 is 1.81 bits per heavy atom. The van der Waals surface area contributed by atoms with E-state index in [0.29, 0.717) is 19.5 Å². The van der Waals surface area contributed by atoms with E-state index >= 15 is 0 Å². The second-order valence-electron chi connectivity index (χ2n) is 7.34. The molecule has 1 unspecified atom stereocenters. The molecule has 1 saturated heterocycles. The quantitative estimate of drug-likeness (QED) is 0.825. The van der Waals surface area contributed by atoms with Gasteiger partial charge in [-0.15, -0.1) is 0 Å².